The molecule has 0 bridgehead atoms. The first-order valence-electron chi connectivity index (χ1n) is 6.46. The van der Waals surface area contributed by atoms with E-state index in [-0.39, 0.29) is 17.5 Å². The number of aryl methyl sites for hydroxylation is 1. The van der Waals surface area contributed by atoms with Gasteiger partial charge in [0.05, 0.1) is 4.90 Å². The quantitative estimate of drug-likeness (QED) is 0.851. The van der Waals surface area contributed by atoms with Crippen LogP contribution >= 0.6 is 15.9 Å². The minimum atomic E-state index is -3.55. The monoisotopic (exact) mass is 368 g/mol. The third-order valence-electron chi connectivity index (χ3n) is 3.16. The molecule has 2 aromatic rings. The summed E-state index contributed by atoms with van der Waals surface area (Å²) in [5.41, 5.74) is 7.76. The average Bonchev–Trinajstić information content (AvgIpc) is 2.48. The van der Waals surface area contributed by atoms with Gasteiger partial charge in [-0.3, -0.25) is 0 Å². The van der Waals surface area contributed by atoms with Gasteiger partial charge >= 0.3 is 0 Å². The normalized spacial score (nSPS) is 13.1. The van der Waals surface area contributed by atoms with Gasteiger partial charge in [0.15, 0.2) is 0 Å². The maximum absolute atomic E-state index is 12.2. The molecular formula is C15H17BrN2O2S. The van der Waals surface area contributed by atoms with Gasteiger partial charge in [-0.2, -0.15) is 0 Å². The Morgan fingerprint density at radius 3 is 2.48 bits per heavy atom. The summed E-state index contributed by atoms with van der Waals surface area (Å²) >= 11 is 3.35. The molecule has 1 unspecified atom stereocenters. The van der Waals surface area contributed by atoms with Gasteiger partial charge in [-0.15, -0.1) is 0 Å². The van der Waals surface area contributed by atoms with Gasteiger partial charge in [-0.1, -0.05) is 46.3 Å². The maximum atomic E-state index is 12.2. The maximum Gasteiger partial charge on any atom is 0.240 e. The van der Waals surface area contributed by atoms with Crippen LogP contribution in [0.15, 0.2) is 57.9 Å². The molecule has 6 heteroatoms. The molecule has 112 valence electrons. The minimum Gasteiger partial charge on any atom is -0.323 e. The van der Waals surface area contributed by atoms with Gasteiger partial charge in [0.25, 0.3) is 0 Å². The van der Waals surface area contributed by atoms with Crippen LogP contribution in [0.3, 0.4) is 0 Å². The molecule has 0 aliphatic carbocycles. The first-order valence-corrected chi connectivity index (χ1v) is 8.74. The van der Waals surface area contributed by atoms with Gasteiger partial charge in [0.2, 0.25) is 10.0 Å². The van der Waals surface area contributed by atoms with Crippen LogP contribution in [0, 0.1) is 6.92 Å². The lowest BCUT2D eigenvalue weighted by Crippen LogP contribution is -2.32. The lowest BCUT2D eigenvalue weighted by atomic mass is 10.1. The highest BCUT2D eigenvalue weighted by Crippen LogP contribution is 2.20. The summed E-state index contributed by atoms with van der Waals surface area (Å²) in [5, 5.41) is 0. The topological polar surface area (TPSA) is 72.2 Å². The standard InChI is InChI=1S/C15H17BrN2O2S/c1-11-9-13(7-8-14(11)16)21(19,20)18-10-15(17)12-5-3-2-4-6-12/h2-9,15,18H,10,17H2,1H3. The van der Waals surface area contributed by atoms with E-state index in [0.29, 0.717) is 0 Å². The van der Waals surface area contributed by atoms with Gasteiger partial charge in [0.1, 0.15) is 0 Å². The van der Waals surface area contributed by atoms with E-state index in [4.69, 9.17) is 5.73 Å². The molecule has 4 nitrogen and oxygen atoms in total. The van der Waals surface area contributed by atoms with Crippen LogP contribution < -0.4 is 10.5 Å². The molecule has 2 aromatic carbocycles. The number of halogens is 1. The number of sulfonamides is 1. The molecule has 0 radical (unpaired) electrons. The fraction of sp³-hybridized carbons (Fsp3) is 0.200. The van der Waals surface area contributed by atoms with Crippen molar-refractivity contribution in [3.63, 3.8) is 0 Å². The van der Waals surface area contributed by atoms with Gasteiger partial charge in [-0.25, -0.2) is 13.1 Å². The van der Waals surface area contributed by atoms with E-state index >= 15 is 0 Å². The fourth-order valence-corrected chi connectivity index (χ4v) is 3.28. The molecule has 0 aliphatic rings. The molecule has 0 amide bonds. The van der Waals surface area contributed by atoms with E-state index in [0.717, 1.165) is 15.6 Å². The minimum absolute atomic E-state index is 0.154. The summed E-state index contributed by atoms with van der Waals surface area (Å²) in [6, 6.07) is 13.9. The Morgan fingerprint density at radius 2 is 1.86 bits per heavy atom. The average molecular weight is 369 g/mol. The first kappa shape index (κ1) is 16.2. The van der Waals surface area contributed by atoms with Gasteiger partial charge in [-0.05, 0) is 36.2 Å². The van der Waals surface area contributed by atoms with E-state index < -0.39 is 10.0 Å². The number of nitrogens with one attached hydrogen (secondary N) is 1. The van der Waals surface area contributed by atoms with E-state index in [9.17, 15) is 8.42 Å². The zero-order valence-electron chi connectivity index (χ0n) is 11.6. The van der Waals surface area contributed by atoms with Crippen molar-refractivity contribution in [2.45, 2.75) is 17.9 Å². The van der Waals surface area contributed by atoms with Crippen molar-refractivity contribution < 1.29 is 8.42 Å². The molecule has 3 N–H and O–H groups in total. The Hall–Kier alpha value is -1.21. The Labute approximate surface area is 133 Å². The fourth-order valence-electron chi connectivity index (χ4n) is 1.89. The largest absolute Gasteiger partial charge is 0.323 e. The van der Waals surface area contributed by atoms with Crippen LogP contribution in [-0.4, -0.2) is 15.0 Å². The van der Waals surface area contributed by atoms with Crippen LogP contribution in [0.4, 0.5) is 0 Å². The second kappa shape index (κ2) is 6.70. The van der Waals surface area contributed by atoms with Crippen molar-refractivity contribution in [3.05, 3.63) is 64.1 Å². The molecule has 0 saturated heterocycles. The molecule has 0 fully saturated rings. The molecule has 2 rings (SSSR count). The van der Waals surface area contributed by atoms with Crippen molar-refractivity contribution in [1.29, 1.82) is 0 Å². The first-order chi connectivity index (χ1) is 9.90. The zero-order chi connectivity index (χ0) is 15.5. The van der Waals surface area contributed by atoms with Gasteiger partial charge < -0.3 is 5.73 Å². The van der Waals surface area contributed by atoms with Crippen molar-refractivity contribution in [3.8, 4) is 0 Å². The van der Waals surface area contributed by atoms with Crippen molar-refractivity contribution in [1.82, 2.24) is 4.72 Å². The molecule has 0 aliphatic heterocycles. The predicted molar refractivity (Wildman–Crippen MR) is 87.4 cm³/mol. The summed E-state index contributed by atoms with van der Waals surface area (Å²) < 4.78 is 27.9. The molecular weight excluding hydrogens is 352 g/mol. The summed E-state index contributed by atoms with van der Waals surface area (Å²) in [7, 11) is -3.55. The summed E-state index contributed by atoms with van der Waals surface area (Å²) in [4.78, 5) is 0.239. The SMILES string of the molecule is Cc1cc(S(=O)(=O)NCC(N)c2ccccc2)ccc1Br. The number of nitrogens with two attached hydrogens (primary N) is 1. The predicted octanol–water partition coefficient (Wildman–Crippen LogP) is 2.74. The van der Waals surface area contributed by atoms with Crippen molar-refractivity contribution >= 4 is 26.0 Å². The number of benzene rings is 2. The van der Waals surface area contributed by atoms with Gasteiger partial charge in [0, 0.05) is 17.1 Å². The van der Waals surface area contributed by atoms with Crippen LogP contribution in [0.25, 0.3) is 0 Å². The highest BCUT2D eigenvalue weighted by atomic mass is 79.9. The molecule has 1 atom stereocenters. The molecule has 0 saturated carbocycles. The van der Waals surface area contributed by atoms with E-state index in [2.05, 4.69) is 20.7 Å². The Morgan fingerprint density at radius 1 is 1.19 bits per heavy atom. The lowest BCUT2D eigenvalue weighted by Gasteiger charge is -2.14. The molecule has 0 spiro atoms. The van der Waals surface area contributed by atoms with Crippen LogP contribution in [0.2, 0.25) is 0 Å². The summed E-state index contributed by atoms with van der Waals surface area (Å²) in [6.07, 6.45) is 0. The van der Waals surface area contributed by atoms with Crippen molar-refractivity contribution in [2.24, 2.45) is 5.73 Å². The zero-order valence-corrected chi connectivity index (χ0v) is 14.0. The van der Waals surface area contributed by atoms with E-state index in [1.165, 1.54) is 0 Å². The highest BCUT2D eigenvalue weighted by Gasteiger charge is 2.16. The Bertz CT molecular complexity index is 718. The summed E-state index contributed by atoms with van der Waals surface area (Å²) in [5.74, 6) is 0. The lowest BCUT2D eigenvalue weighted by molar-refractivity contribution is 0.572. The second-order valence-electron chi connectivity index (χ2n) is 4.78. The van der Waals surface area contributed by atoms with E-state index in [1.807, 2.05) is 37.3 Å². The number of rotatable bonds is 5. The van der Waals surface area contributed by atoms with Crippen LogP contribution in [-0.2, 0) is 10.0 Å². The van der Waals surface area contributed by atoms with Crippen molar-refractivity contribution in [2.75, 3.05) is 6.54 Å². The third kappa shape index (κ3) is 4.14. The number of hydrogen-bond donors (Lipinski definition) is 2. The summed E-state index contributed by atoms with van der Waals surface area (Å²) in [6.45, 7) is 2.00. The van der Waals surface area contributed by atoms with Crippen LogP contribution in [0.5, 0.6) is 0 Å². The van der Waals surface area contributed by atoms with E-state index in [1.54, 1.807) is 18.2 Å². The second-order valence-corrected chi connectivity index (χ2v) is 7.40. The highest BCUT2D eigenvalue weighted by molar-refractivity contribution is 9.10. The Kier molecular flexibility index (Phi) is 5.16. The molecule has 0 heterocycles. The molecule has 0 aromatic heterocycles. The smallest absolute Gasteiger partial charge is 0.240 e. The van der Waals surface area contributed by atoms with Crippen LogP contribution in [0.1, 0.15) is 17.2 Å². The Balaban J connectivity index is 2.09. The number of hydrogen-bond acceptors (Lipinski definition) is 3. The molecule has 21 heavy (non-hydrogen) atoms. The third-order valence-corrected chi connectivity index (χ3v) is 5.47.